The predicted octanol–water partition coefficient (Wildman–Crippen LogP) is 5.01. The van der Waals surface area contributed by atoms with E-state index in [0.29, 0.717) is 31.8 Å². The highest BCUT2D eigenvalue weighted by molar-refractivity contribution is 7.93. The number of nitrogens with zero attached hydrogens (tertiary/aromatic N) is 3. The lowest BCUT2D eigenvalue weighted by atomic mass is 9.92. The molecule has 0 radical (unpaired) electrons. The molecule has 40 heavy (non-hydrogen) atoms. The molecule has 0 saturated carbocycles. The average Bonchev–Trinajstić information content (AvgIpc) is 2.87. The number of hydrogen-bond acceptors (Lipinski definition) is 8. The molecule has 1 amide bonds. The molecule has 220 valence electrons. The number of ether oxygens (including phenoxy) is 1. The lowest BCUT2D eigenvalue weighted by molar-refractivity contribution is -0.387. The van der Waals surface area contributed by atoms with Crippen LogP contribution in [0.4, 0.5) is 16.2 Å². The molecule has 1 saturated heterocycles. The Labute approximate surface area is 236 Å². The van der Waals surface area contributed by atoms with Gasteiger partial charge in [0.05, 0.1) is 15.5 Å². The summed E-state index contributed by atoms with van der Waals surface area (Å²) >= 11 is 0. The fraction of sp³-hybridized carbons (Fsp3) is 0.519. The molecular weight excluding hydrogens is 558 g/mol. The monoisotopic (exact) mass is 595 g/mol. The number of sulfonamides is 1. The number of rotatable bonds is 10. The van der Waals surface area contributed by atoms with E-state index in [9.17, 15) is 31.7 Å². The molecule has 1 aliphatic rings. The molecule has 11 nitrogen and oxygen atoms in total. The van der Waals surface area contributed by atoms with Gasteiger partial charge in [0.1, 0.15) is 5.60 Å². The van der Waals surface area contributed by atoms with Crippen molar-refractivity contribution in [2.24, 2.45) is 5.92 Å². The maximum Gasteiger partial charge on any atom is 0.410 e. The molecule has 0 atom stereocenters. The summed E-state index contributed by atoms with van der Waals surface area (Å²) in [6.07, 6.45) is 4.43. The summed E-state index contributed by atoms with van der Waals surface area (Å²) in [7, 11) is -7.82. The summed E-state index contributed by atoms with van der Waals surface area (Å²) in [6.45, 7) is 6.75. The Hall–Kier alpha value is -3.19. The first-order valence-electron chi connectivity index (χ1n) is 13.1. The van der Waals surface area contributed by atoms with Crippen molar-refractivity contribution in [1.82, 2.24) is 4.90 Å². The topological polar surface area (TPSA) is 144 Å². The number of carbonyl (C=O) groups excluding carboxylic acids is 1. The van der Waals surface area contributed by atoms with E-state index in [0.717, 1.165) is 35.9 Å². The van der Waals surface area contributed by atoms with Gasteiger partial charge in [0.2, 0.25) is 0 Å². The van der Waals surface area contributed by atoms with Gasteiger partial charge in [-0.3, -0.25) is 14.4 Å². The summed E-state index contributed by atoms with van der Waals surface area (Å²) in [4.78, 5) is 24.5. The zero-order valence-electron chi connectivity index (χ0n) is 23.3. The number of para-hydroxylation sites is 1. The van der Waals surface area contributed by atoms with E-state index in [4.69, 9.17) is 4.74 Å². The zero-order chi connectivity index (χ0) is 29.7. The van der Waals surface area contributed by atoms with Gasteiger partial charge in [0.15, 0.2) is 14.7 Å². The summed E-state index contributed by atoms with van der Waals surface area (Å²) in [6, 6.07) is 10.6. The van der Waals surface area contributed by atoms with E-state index in [1.54, 1.807) is 4.90 Å². The first kappa shape index (κ1) is 31.3. The third-order valence-electron chi connectivity index (χ3n) is 6.67. The smallest absolute Gasteiger partial charge is 0.410 e. The predicted molar refractivity (Wildman–Crippen MR) is 152 cm³/mol. The quantitative estimate of drug-likeness (QED) is 0.212. The van der Waals surface area contributed by atoms with Crippen molar-refractivity contribution < 1.29 is 31.3 Å². The van der Waals surface area contributed by atoms with Gasteiger partial charge < -0.3 is 9.64 Å². The average molecular weight is 596 g/mol. The maximum absolute atomic E-state index is 13.7. The van der Waals surface area contributed by atoms with E-state index in [2.05, 4.69) is 0 Å². The number of likely N-dealkylation sites (tertiary alicyclic amines) is 1. The molecule has 2 aromatic carbocycles. The number of hydrogen-bond donors (Lipinski definition) is 0. The number of piperidine rings is 1. The summed E-state index contributed by atoms with van der Waals surface area (Å²) in [5, 5.41) is 11.6. The van der Waals surface area contributed by atoms with Crippen molar-refractivity contribution in [3.05, 3.63) is 58.6 Å². The second-order valence-corrected chi connectivity index (χ2v) is 14.8. The van der Waals surface area contributed by atoms with Crippen LogP contribution in [0.2, 0.25) is 0 Å². The van der Waals surface area contributed by atoms with Crippen LogP contribution in [0.3, 0.4) is 0 Å². The number of unbranched alkanes of at least 4 members (excludes halogenated alkanes) is 1. The Morgan fingerprint density at radius 3 is 2.17 bits per heavy atom. The van der Waals surface area contributed by atoms with Crippen LogP contribution in [-0.2, 0) is 24.6 Å². The fourth-order valence-electron chi connectivity index (χ4n) is 4.61. The molecule has 0 spiro atoms. The second-order valence-electron chi connectivity index (χ2n) is 11.0. The van der Waals surface area contributed by atoms with Gasteiger partial charge in [-0.05, 0) is 76.3 Å². The van der Waals surface area contributed by atoms with Crippen LogP contribution in [0, 0.1) is 16.0 Å². The van der Waals surface area contributed by atoms with Crippen LogP contribution in [-0.4, -0.2) is 64.2 Å². The molecule has 13 heteroatoms. The van der Waals surface area contributed by atoms with Crippen LogP contribution in [0.15, 0.2) is 58.3 Å². The Morgan fingerprint density at radius 2 is 1.62 bits per heavy atom. The highest BCUT2D eigenvalue weighted by Gasteiger charge is 2.32. The van der Waals surface area contributed by atoms with E-state index < -0.39 is 41.0 Å². The Balaban J connectivity index is 1.71. The Morgan fingerprint density at radius 1 is 1.02 bits per heavy atom. The number of carbonyl (C=O) groups is 1. The molecular formula is C27H37N3O8S2. The molecule has 0 aromatic heterocycles. The summed E-state index contributed by atoms with van der Waals surface area (Å²) < 4.78 is 57.7. The van der Waals surface area contributed by atoms with Crippen molar-refractivity contribution in [3.8, 4) is 0 Å². The Kier molecular flexibility index (Phi) is 9.83. The molecule has 1 aliphatic heterocycles. The maximum atomic E-state index is 13.7. The lowest BCUT2D eigenvalue weighted by Crippen LogP contribution is -2.41. The normalized spacial score (nSPS) is 15.1. The van der Waals surface area contributed by atoms with Gasteiger partial charge in [-0.1, -0.05) is 25.0 Å². The van der Waals surface area contributed by atoms with Crippen LogP contribution in [0.5, 0.6) is 0 Å². The molecule has 1 heterocycles. The SMILES string of the molecule is CC(C)(C)OC(=O)N1CCC(CCCCN(c2ccc(S(C)(=O)=O)cc2)S(=O)(=O)c2ccccc2[N+](=O)[O-])CC1. The molecule has 0 aliphatic carbocycles. The van der Waals surface area contributed by atoms with E-state index in [1.807, 2.05) is 20.8 Å². The zero-order valence-corrected chi connectivity index (χ0v) is 24.9. The second kappa shape index (κ2) is 12.5. The minimum atomic E-state index is -4.33. The molecule has 0 unspecified atom stereocenters. The van der Waals surface area contributed by atoms with Gasteiger partial charge in [0, 0.05) is 32.0 Å². The molecule has 2 aromatic rings. The highest BCUT2D eigenvalue weighted by atomic mass is 32.2. The lowest BCUT2D eigenvalue weighted by Gasteiger charge is -2.33. The molecule has 0 N–H and O–H groups in total. The number of anilines is 1. The highest BCUT2D eigenvalue weighted by Crippen LogP contribution is 2.31. The number of nitro benzene ring substituents is 1. The van der Waals surface area contributed by atoms with Crippen molar-refractivity contribution >= 4 is 37.3 Å². The number of sulfone groups is 1. The minimum absolute atomic E-state index is 0.0389. The van der Waals surface area contributed by atoms with Crippen LogP contribution >= 0.6 is 0 Å². The fourth-order valence-corrected chi connectivity index (χ4v) is 6.91. The molecule has 3 rings (SSSR count). The van der Waals surface area contributed by atoms with Crippen molar-refractivity contribution in [2.75, 3.05) is 30.2 Å². The molecule has 1 fully saturated rings. The van der Waals surface area contributed by atoms with Crippen LogP contribution < -0.4 is 4.31 Å². The van der Waals surface area contributed by atoms with Gasteiger partial charge in [0.25, 0.3) is 15.7 Å². The van der Waals surface area contributed by atoms with Crippen molar-refractivity contribution in [1.29, 1.82) is 0 Å². The van der Waals surface area contributed by atoms with Gasteiger partial charge >= 0.3 is 6.09 Å². The van der Waals surface area contributed by atoms with Gasteiger partial charge in [-0.25, -0.2) is 21.6 Å². The third-order valence-corrected chi connectivity index (χ3v) is 9.68. The van der Waals surface area contributed by atoms with E-state index in [1.165, 1.54) is 42.5 Å². The van der Waals surface area contributed by atoms with Crippen LogP contribution in [0.25, 0.3) is 0 Å². The first-order chi connectivity index (χ1) is 18.6. The largest absolute Gasteiger partial charge is 0.444 e. The van der Waals surface area contributed by atoms with Gasteiger partial charge in [-0.2, -0.15) is 0 Å². The van der Waals surface area contributed by atoms with Crippen molar-refractivity contribution in [3.63, 3.8) is 0 Å². The van der Waals surface area contributed by atoms with Crippen LogP contribution in [0.1, 0.15) is 52.9 Å². The summed E-state index contributed by atoms with van der Waals surface area (Å²) in [5.74, 6) is 0.382. The first-order valence-corrected chi connectivity index (χ1v) is 16.5. The van der Waals surface area contributed by atoms with E-state index in [-0.39, 0.29) is 23.2 Å². The number of nitro groups is 1. The van der Waals surface area contributed by atoms with Gasteiger partial charge in [-0.15, -0.1) is 0 Å². The van der Waals surface area contributed by atoms with E-state index >= 15 is 0 Å². The third kappa shape index (κ3) is 8.17. The molecule has 0 bridgehead atoms. The summed E-state index contributed by atoms with van der Waals surface area (Å²) in [5.41, 5.74) is -0.862. The Bertz CT molecular complexity index is 1410. The minimum Gasteiger partial charge on any atom is -0.444 e. The number of amides is 1. The van der Waals surface area contributed by atoms with Crippen molar-refractivity contribution in [2.45, 2.75) is 68.3 Å². The number of benzene rings is 2. The standard InChI is InChI=1S/C27H37N3O8S2/c1-27(2,3)38-26(31)28-19-16-21(17-20-28)9-7-8-18-29(22-12-14-23(15-13-22)39(4,34)35)40(36,37)25-11-6-5-10-24(25)30(32)33/h5-6,10-15,21H,7-9,16-20H2,1-4H3.